The molecule has 1 aromatic heterocycles. The van der Waals surface area contributed by atoms with Gasteiger partial charge in [-0.15, -0.1) is 0 Å². The lowest BCUT2D eigenvalue weighted by Gasteiger charge is -2.35. The molecule has 43 heavy (non-hydrogen) atoms. The van der Waals surface area contributed by atoms with Crippen LogP contribution in [0.3, 0.4) is 0 Å². The highest BCUT2D eigenvalue weighted by Gasteiger charge is 2.42. The molecule has 4 atom stereocenters. The number of carbonyl (C=O) groups is 1. The molecule has 0 amide bonds. The Bertz CT molecular complexity index is 1370. The van der Waals surface area contributed by atoms with E-state index in [4.69, 9.17) is 5.10 Å². The fourth-order valence-electron chi connectivity index (χ4n) is 7.65. The SMILES string of the molecule is CCn1nc(Cc2ccc(O)cc2)cc1C1CCN(CC2CC(N(C)[C@@H](C(=O)O)C(C)C)CC2c2cccc(F)c2)CC1. The Labute approximate surface area is 255 Å². The van der Waals surface area contributed by atoms with Gasteiger partial charge in [0.1, 0.15) is 17.6 Å². The van der Waals surface area contributed by atoms with Crippen molar-refractivity contribution in [3.63, 3.8) is 0 Å². The lowest BCUT2D eigenvalue weighted by atomic mass is 9.87. The van der Waals surface area contributed by atoms with Crippen LogP contribution in [0.25, 0.3) is 0 Å². The third-order valence-corrected chi connectivity index (χ3v) is 9.83. The number of aliphatic carboxylic acids is 1. The number of likely N-dealkylation sites (tertiary alicyclic amines) is 1. The van der Waals surface area contributed by atoms with E-state index < -0.39 is 12.0 Å². The van der Waals surface area contributed by atoms with E-state index in [1.165, 1.54) is 11.8 Å². The molecule has 5 rings (SSSR count). The molecule has 8 heteroatoms. The number of nitrogens with zero attached hydrogens (tertiary/aromatic N) is 4. The van der Waals surface area contributed by atoms with Crippen LogP contribution in [0, 0.1) is 17.7 Å². The minimum atomic E-state index is -0.775. The Morgan fingerprint density at radius 2 is 1.81 bits per heavy atom. The van der Waals surface area contributed by atoms with Crippen LogP contribution in [0.5, 0.6) is 5.75 Å². The number of piperidine rings is 1. The van der Waals surface area contributed by atoms with Crippen LogP contribution < -0.4 is 0 Å². The average Bonchev–Trinajstić information content (AvgIpc) is 3.58. The van der Waals surface area contributed by atoms with E-state index in [2.05, 4.69) is 27.5 Å². The van der Waals surface area contributed by atoms with Gasteiger partial charge in [-0.2, -0.15) is 5.10 Å². The van der Waals surface area contributed by atoms with Gasteiger partial charge in [0.2, 0.25) is 0 Å². The zero-order valence-corrected chi connectivity index (χ0v) is 26.0. The van der Waals surface area contributed by atoms with Crippen LogP contribution in [-0.4, -0.2) is 74.5 Å². The third kappa shape index (κ3) is 7.29. The molecule has 7 nitrogen and oxygen atoms in total. The van der Waals surface area contributed by atoms with Crippen LogP contribution in [0.4, 0.5) is 4.39 Å². The number of benzene rings is 2. The predicted molar refractivity (Wildman–Crippen MR) is 167 cm³/mol. The molecule has 232 valence electrons. The summed E-state index contributed by atoms with van der Waals surface area (Å²) in [6.07, 6.45) is 4.64. The van der Waals surface area contributed by atoms with Gasteiger partial charge in [0, 0.05) is 37.2 Å². The van der Waals surface area contributed by atoms with E-state index in [1.807, 2.05) is 39.1 Å². The van der Waals surface area contributed by atoms with E-state index >= 15 is 0 Å². The van der Waals surface area contributed by atoms with Crippen LogP contribution in [-0.2, 0) is 17.8 Å². The van der Waals surface area contributed by atoms with Crippen molar-refractivity contribution in [3.05, 3.63) is 82.9 Å². The summed E-state index contributed by atoms with van der Waals surface area (Å²) >= 11 is 0. The standard InChI is InChI=1S/C35H47FN4O3/c1-5-40-33(20-29(37-40)17-24-9-11-31(41)12-10-24)25-13-15-39(16-14-25)22-27-19-30(38(4)34(23(2)3)35(42)43)21-32(27)26-7-6-8-28(36)18-26/h6-12,18,20,23,25,27,30,32,34,41H,5,13-17,19,21-22H2,1-4H3,(H,42,43)/t27?,30?,32?,34-/m1/s1. The van der Waals surface area contributed by atoms with Gasteiger partial charge in [-0.1, -0.05) is 38.1 Å². The number of phenols is 1. The van der Waals surface area contributed by atoms with E-state index in [0.29, 0.717) is 11.8 Å². The summed E-state index contributed by atoms with van der Waals surface area (Å²) in [4.78, 5) is 16.7. The summed E-state index contributed by atoms with van der Waals surface area (Å²) in [7, 11) is 1.95. The summed E-state index contributed by atoms with van der Waals surface area (Å²) in [5.74, 6) is 0.293. The number of halogens is 1. The van der Waals surface area contributed by atoms with Crippen molar-refractivity contribution in [2.45, 2.75) is 83.3 Å². The van der Waals surface area contributed by atoms with Gasteiger partial charge >= 0.3 is 5.97 Å². The van der Waals surface area contributed by atoms with Gasteiger partial charge in [-0.05, 0) is 112 Å². The molecule has 0 radical (unpaired) electrons. The first-order valence-electron chi connectivity index (χ1n) is 15.9. The topological polar surface area (TPSA) is 81.8 Å². The zero-order valence-electron chi connectivity index (χ0n) is 26.0. The lowest BCUT2D eigenvalue weighted by Crippen LogP contribution is -2.47. The largest absolute Gasteiger partial charge is 0.508 e. The molecule has 1 aliphatic heterocycles. The Balaban J connectivity index is 1.26. The highest BCUT2D eigenvalue weighted by molar-refractivity contribution is 5.73. The number of hydrogen-bond donors (Lipinski definition) is 2. The first-order valence-corrected chi connectivity index (χ1v) is 15.9. The lowest BCUT2D eigenvalue weighted by molar-refractivity contribution is -0.145. The summed E-state index contributed by atoms with van der Waals surface area (Å²) in [5.41, 5.74) is 4.53. The fraction of sp³-hybridized carbons (Fsp3) is 0.543. The quantitative estimate of drug-likeness (QED) is 0.280. The first kappa shape index (κ1) is 31.2. The van der Waals surface area contributed by atoms with Gasteiger partial charge in [0.05, 0.1) is 5.69 Å². The second-order valence-electron chi connectivity index (χ2n) is 13.0. The van der Waals surface area contributed by atoms with Gasteiger partial charge in [-0.25, -0.2) is 4.39 Å². The van der Waals surface area contributed by atoms with E-state index in [9.17, 15) is 19.4 Å². The number of phenolic OH excluding ortho intramolecular Hbond substituents is 1. The summed E-state index contributed by atoms with van der Waals surface area (Å²) in [6, 6.07) is 16.2. The molecule has 1 aliphatic carbocycles. The van der Waals surface area contributed by atoms with Crippen LogP contribution >= 0.6 is 0 Å². The van der Waals surface area contributed by atoms with Crippen molar-refractivity contribution in [1.29, 1.82) is 0 Å². The molecule has 0 bridgehead atoms. The monoisotopic (exact) mass is 590 g/mol. The molecule has 2 aliphatic rings. The first-order chi connectivity index (χ1) is 20.6. The maximum Gasteiger partial charge on any atom is 0.321 e. The molecular formula is C35H47FN4O3. The van der Waals surface area contributed by atoms with Gasteiger partial charge in [-0.3, -0.25) is 14.4 Å². The summed E-state index contributed by atoms with van der Waals surface area (Å²) in [5, 5.41) is 24.5. The second kappa shape index (κ2) is 13.6. The Morgan fingerprint density at radius 3 is 2.44 bits per heavy atom. The van der Waals surface area contributed by atoms with E-state index in [1.54, 1.807) is 24.3 Å². The Hall–Kier alpha value is -3.23. The molecule has 3 aromatic rings. The summed E-state index contributed by atoms with van der Waals surface area (Å²) in [6.45, 7) is 9.87. The van der Waals surface area contributed by atoms with Crippen LogP contribution in [0.15, 0.2) is 54.6 Å². The second-order valence-corrected chi connectivity index (χ2v) is 13.0. The third-order valence-electron chi connectivity index (χ3n) is 9.83. The molecule has 1 saturated heterocycles. The number of aryl methyl sites for hydroxylation is 1. The smallest absolute Gasteiger partial charge is 0.321 e. The minimum Gasteiger partial charge on any atom is -0.508 e. The summed E-state index contributed by atoms with van der Waals surface area (Å²) < 4.78 is 16.4. The number of hydrogen-bond acceptors (Lipinski definition) is 5. The highest BCUT2D eigenvalue weighted by Crippen LogP contribution is 2.43. The molecule has 2 aromatic carbocycles. The predicted octanol–water partition coefficient (Wildman–Crippen LogP) is 6.12. The maximum atomic E-state index is 14.3. The van der Waals surface area contributed by atoms with Crippen molar-refractivity contribution in [3.8, 4) is 5.75 Å². The van der Waals surface area contributed by atoms with Crippen molar-refractivity contribution in [1.82, 2.24) is 19.6 Å². The minimum absolute atomic E-state index is 0.00589. The number of aromatic hydroxyl groups is 1. The fourth-order valence-corrected chi connectivity index (χ4v) is 7.65. The van der Waals surface area contributed by atoms with Gasteiger partial charge in [0.25, 0.3) is 0 Å². The molecular weight excluding hydrogens is 543 g/mol. The Kier molecular flexibility index (Phi) is 9.87. The number of likely N-dealkylation sites (N-methyl/N-ethyl adjacent to an activating group) is 1. The molecule has 0 spiro atoms. The van der Waals surface area contributed by atoms with Crippen LogP contribution in [0.1, 0.15) is 80.8 Å². The van der Waals surface area contributed by atoms with Gasteiger partial charge < -0.3 is 15.1 Å². The van der Waals surface area contributed by atoms with Gasteiger partial charge in [0.15, 0.2) is 0 Å². The highest BCUT2D eigenvalue weighted by atomic mass is 19.1. The van der Waals surface area contributed by atoms with Crippen molar-refractivity contribution in [2.75, 3.05) is 26.7 Å². The molecule has 2 heterocycles. The maximum absolute atomic E-state index is 14.3. The normalized spacial score (nSPS) is 22.4. The van der Waals surface area contributed by atoms with Crippen LogP contribution in [0.2, 0.25) is 0 Å². The number of aromatic nitrogens is 2. The van der Waals surface area contributed by atoms with E-state index in [-0.39, 0.29) is 29.4 Å². The van der Waals surface area contributed by atoms with Crippen molar-refractivity contribution in [2.24, 2.45) is 11.8 Å². The number of carboxylic acid groups (broad SMARTS) is 1. The molecule has 1 saturated carbocycles. The van der Waals surface area contributed by atoms with Crippen molar-refractivity contribution >= 4 is 5.97 Å². The van der Waals surface area contributed by atoms with E-state index in [0.717, 1.165) is 75.1 Å². The number of carboxylic acids is 1. The molecule has 2 N–H and O–H groups in total. The molecule has 2 fully saturated rings. The molecule has 3 unspecified atom stereocenters. The van der Waals surface area contributed by atoms with Crippen molar-refractivity contribution < 1.29 is 19.4 Å². The average molecular weight is 591 g/mol. The zero-order chi connectivity index (χ0) is 30.7. The number of rotatable bonds is 11. The Morgan fingerprint density at radius 1 is 1.09 bits per heavy atom.